The number of alkyl halides is 3. The van der Waals surface area contributed by atoms with Crippen LogP contribution in [-0.2, 0) is 6.18 Å². The Balaban J connectivity index is 2.28. The van der Waals surface area contributed by atoms with E-state index in [0.717, 1.165) is 24.5 Å². The molecule has 0 fully saturated rings. The molecule has 1 N–H and O–H groups in total. The molecule has 2 rings (SSSR count). The van der Waals surface area contributed by atoms with E-state index in [4.69, 9.17) is 9.84 Å². The lowest BCUT2D eigenvalue weighted by Gasteiger charge is -2.10. The molecule has 0 amide bonds. The summed E-state index contributed by atoms with van der Waals surface area (Å²) in [5.74, 6) is -3.05. The van der Waals surface area contributed by atoms with Gasteiger partial charge in [-0.3, -0.25) is 4.98 Å². The van der Waals surface area contributed by atoms with Crippen molar-refractivity contribution in [2.45, 2.75) is 6.18 Å². The van der Waals surface area contributed by atoms with Crippen molar-refractivity contribution in [3.63, 3.8) is 0 Å². The number of carbonyl (C=O) groups is 1. The first kappa shape index (κ1) is 14.8. The van der Waals surface area contributed by atoms with E-state index < -0.39 is 29.3 Å². The van der Waals surface area contributed by atoms with Crippen LogP contribution in [0.4, 0.5) is 17.6 Å². The van der Waals surface area contributed by atoms with Crippen LogP contribution in [0.1, 0.15) is 15.9 Å². The molecule has 0 saturated carbocycles. The fourth-order valence-corrected chi connectivity index (χ4v) is 1.48. The van der Waals surface area contributed by atoms with Crippen LogP contribution in [0.15, 0.2) is 36.7 Å². The molecular weight excluding hydrogens is 294 g/mol. The number of nitrogens with zero attached hydrogens (tertiary/aromatic N) is 1. The number of aromatic nitrogens is 1. The van der Waals surface area contributed by atoms with Gasteiger partial charge < -0.3 is 9.84 Å². The van der Waals surface area contributed by atoms with E-state index >= 15 is 0 Å². The number of halogens is 4. The third-order valence-electron chi connectivity index (χ3n) is 2.45. The highest BCUT2D eigenvalue weighted by atomic mass is 19.4. The number of ether oxygens (including phenoxy) is 1. The molecule has 1 heterocycles. The Morgan fingerprint density at radius 3 is 2.48 bits per heavy atom. The van der Waals surface area contributed by atoms with Gasteiger partial charge in [-0.15, -0.1) is 0 Å². The first-order chi connectivity index (χ1) is 9.77. The molecule has 21 heavy (non-hydrogen) atoms. The quantitative estimate of drug-likeness (QED) is 0.878. The van der Waals surface area contributed by atoms with Crippen LogP contribution in [0, 0.1) is 5.82 Å². The number of aromatic carboxylic acids is 1. The molecular formula is C13H7F4NO3. The lowest BCUT2D eigenvalue weighted by Crippen LogP contribution is -2.05. The number of pyridine rings is 1. The maximum atomic E-state index is 13.6. The summed E-state index contributed by atoms with van der Waals surface area (Å²) in [4.78, 5) is 14.3. The standard InChI is InChI=1S/C13H7F4NO3/c14-10-4-8(13(15,16)17)1-2-11(10)21-9-3-7(12(19)20)5-18-6-9/h1-6H,(H,19,20). The monoisotopic (exact) mass is 301 g/mol. The van der Waals surface area contributed by atoms with Gasteiger partial charge in [0.25, 0.3) is 0 Å². The maximum absolute atomic E-state index is 13.6. The molecule has 0 unspecified atom stereocenters. The number of rotatable bonds is 3. The summed E-state index contributed by atoms with van der Waals surface area (Å²) < 4.78 is 55.7. The molecule has 0 aliphatic heterocycles. The van der Waals surface area contributed by atoms with Crippen LogP contribution in [0.5, 0.6) is 11.5 Å². The van der Waals surface area contributed by atoms with Gasteiger partial charge in [-0.05, 0) is 24.3 Å². The molecule has 0 spiro atoms. The molecule has 4 nitrogen and oxygen atoms in total. The van der Waals surface area contributed by atoms with E-state index in [1.165, 1.54) is 0 Å². The summed E-state index contributed by atoms with van der Waals surface area (Å²) >= 11 is 0. The van der Waals surface area contributed by atoms with Gasteiger partial charge >= 0.3 is 12.1 Å². The maximum Gasteiger partial charge on any atom is 0.416 e. The van der Waals surface area contributed by atoms with Crippen LogP contribution < -0.4 is 4.74 Å². The summed E-state index contributed by atoms with van der Waals surface area (Å²) in [6.07, 6.45) is -2.49. The van der Waals surface area contributed by atoms with Crippen molar-refractivity contribution < 1.29 is 32.2 Å². The number of hydrogen-bond acceptors (Lipinski definition) is 3. The summed E-state index contributed by atoms with van der Waals surface area (Å²) in [6, 6.07) is 2.84. The van der Waals surface area contributed by atoms with E-state index in [9.17, 15) is 22.4 Å². The molecule has 0 radical (unpaired) electrons. The average Bonchev–Trinajstić information content (AvgIpc) is 2.40. The summed E-state index contributed by atoms with van der Waals surface area (Å²) in [5, 5.41) is 8.76. The van der Waals surface area contributed by atoms with Crippen LogP contribution in [0.3, 0.4) is 0 Å². The Kier molecular flexibility index (Phi) is 3.79. The van der Waals surface area contributed by atoms with Gasteiger partial charge in [-0.2, -0.15) is 13.2 Å². The van der Waals surface area contributed by atoms with Crippen LogP contribution in [0.25, 0.3) is 0 Å². The third kappa shape index (κ3) is 3.47. The number of carboxylic acid groups (broad SMARTS) is 1. The smallest absolute Gasteiger partial charge is 0.416 e. The highest BCUT2D eigenvalue weighted by molar-refractivity contribution is 5.87. The zero-order chi connectivity index (χ0) is 15.6. The van der Waals surface area contributed by atoms with E-state index in [1.54, 1.807) is 0 Å². The van der Waals surface area contributed by atoms with Crippen molar-refractivity contribution >= 4 is 5.97 Å². The summed E-state index contributed by atoms with van der Waals surface area (Å²) in [5.41, 5.74) is -1.34. The number of carboxylic acids is 1. The van der Waals surface area contributed by atoms with Gasteiger partial charge in [0, 0.05) is 6.20 Å². The Morgan fingerprint density at radius 1 is 1.19 bits per heavy atom. The molecule has 110 valence electrons. The first-order valence-electron chi connectivity index (χ1n) is 5.50. The minimum absolute atomic E-state index is 0.103. The predicted octanol–water partition coefficient (Wildman–Crippen LogP) is 3.73. The van der Waals surface area contributed by atoms with Crippen molar-refractivity contribution in [3.05, 3.63) is 53.6 Å². The lowest BCUT2D eigenvalue weighted by molar-refractivity contribution is -0.137. The van der Waals surface area contributed by atoms with Crippen molar-refractivity contribution in [3.8, 4) is 11.5 Å². The first-order valence-corrected chi connectivity index (χ1v) is 5.50. The van der Waals surface area contributed by atoms with Gasteiger partial charge in [0.2, 0.25) is 0 Å². The van der Waals surface area contributed by atoms with Crippen molar-refractivity contribution in [2.75, 3.05) is 0 Å². The number of hydrogen-bond donors (Lipinski definition) is 1. The second-order valence-electron chi connectivity index (χ2n) is 3.96. The van der Waals surface area contributed by atoms with Gasteiger partial charge in [0.05, 0.1) is 17.3 Å². The van der Waals surface area contributed by atoms with Gasteiger partial charge in [0.1, 0.15) is 5.75 Å². The Labute approximate surface area is 115 Å². The zero-order valence-corrected chi connectivity index (χ0v) is 10.2. The van der Waals surface area contributed by atoms with Crippen molar-refractivity contribution in [1.29, 1.82) is 0 Å². The molecule has 1 aromatic heterocycles. The topological polar surface area (TPSA) is 59.4 Å². The van der Waals surface area contributed by atoms with Gasteiger partial charge in [-0.1, -0.05) is 0 Å². The molecule has 0 aliphatic carbocycles. The SMILES string of the molecule is O=C(O)c1cncc(Oc2ccc(C(F)(F)F)cc2F)c1. The highest BCUT2D eigenvalue weighted by Crippen LogP contribution is 2.33. The van der Waals surface area contributed by atoms with Crippen LogP contribution in [-0.4, -0.2) is 16.1 Å². The highest BCUT2D eigenvalue weighted by Gasteiger charge is 2.31. The lowest BCUT2D eigenvalue weighted by atomic mass is 10.2. The molecule has 0 atom stereocenters. The fourth-order valence-electron chi connectivity index (χ4n) is 1.48. The molecule has 0 saturated heterocycles. The summed E-state index contributed by atoms with van der Waals surface area (Å²) in [7, 11) is 0. The molecule has 0 bridgehead atoms. The van der Waals surface area contributed by atoms with E-state index in [1.807, 2.05) is 0 Å². The Bertz CT molecular complexity index is 685. The molecule has 8 heteroatoms. The summed E-state index contributed by atoms with van der Waals surface area (Å²) in [6.45, 7) is 0. The third-order valence-corrected chi connectivity index (χ3v) is 2.45. The molecule has 2 aromatic rings. The molecule has 1 aromatic carbocycles. The molecule has 0 aliphatic rings. The van der Waals surface area contributed by atoms with Crippen molar-refractivity contribution in [1.82, 2.24) is 4.98 Å². The van der Waals surface area contributed by atoms with Crippen LogP contribution in [0.2, 0.25) is 0 Å². The fraction of sp³-hybridized carbons (Fsp3) is 0.0769. The largest absolute Gasteiger partial charge is 0.478 e. The minimum Gasteiger partial charge on any atom is -0.478 e. The normalized spacial score (nSPS) is 11.2. The van der Waals surface area contributed by atoms with Gasteiger partial charge in [0.15, 0.2) is 11.6 Å². The van der Waals surface area contributed by atoms with Gasteiger partial charge in [-0.25, -0.2) is 9.18 Å². The predicted molar refractivity (Wildman–Crippen MR) is 62.7 cm³/mol. The Hall–Kier alpha value is -2.64. The average molecular weight is 301 g/mol. The van der Waals surface area contributed by atoms with Crippen LogP contribution >= 0.6 is 0 Å². The van der Waals surface area contributed by atoms with E-state index in [0.29, 0.717) is 12.1 Å². The number of benzene rings is 1. The van der Waals surface area contributed by atoms with E-state index in [2.05, 4.69) is 4.98 Å². The van der Waals surface area contributed by atoms with E-state index in [-0.39, 0.29) is 11.3 Å². The van der Waals surface area contributed by atoms with Crippen molar-refractivity contribution in [2.24, 2.45) is 0 Å². The minimum atomic E-state index is -4.66. The Morgan fingerprint density at radius 2 is 1.90 bits per heavy atom. The zero-order valence-electron chi connectivity index (χ0n) is 10.2. The second-order valence-corrected chi connectivity index (χ2v) is 3.96. The second kappa shape index (κ2) is 5.39.